The quantitative estimate of drug-likeness (QED) is 0.856. The number of benzene rings is 1. The van der Waals surface area contributed by atoms with Gasteiger partial charge in [0.2, 0.25) is 0 Å². The molecule has 0 unspecified atom stereocenters. The monoisotopic (exact) mass is 280 g/mol. The van der Waals surface area contributed by atoms with Gasteiger partial charge in [0.05, 0.1) is 11.3 Å². The number of hydrogen-bond donors (Lipinski definition) is 1. The molecule has 0 atom stereocenters. The molecule has 7 heteroatoms. The van der Waals surface area contributed by atoms with Crippen LogP contribution in [-0.4, -0.2) is 23.2 Å². The van der Waals surface area contributed by atoms with Crippen LogP contribution in [-0.2, 0) is 0 Å². The molecular formula is C13H14F2N4O. The van der Waals surface area contributed by atoms with Crippen LogP contribution in [0, 0.1) is 11.6 Å². The molecule has 1 aliphatic rings. The average Bonchev–Trinajstić information content (AvgIpc) is 2.93. The van der Waals surface area contributed by atoms with Crippen LogP contribution >= 0.6 is 0 Å². The fraction of sp³-hybridized carbons (Fsp3) is 0.385. The van der Waals surface area contributed by atoms with Gasteiger partial charge in [-0.25, -0.2) is 8.78 Å². The third-order valence-electron chi connectivity index (χ3n) is 3.37. The first kappa shape index (κ1) is 12.8. The Bertz CT molecular complexity index is 623. The first-order valence-corrected chi connectivity index (χ1v) is 6.48. The van der Waals surface area contributed by atoms with Crippen molar-refractivity contribution in [2.24, 2.45) is 0 Å². The van der Waals surface area contributed by atoms with Crippen LogP contribution in [0.2, 0.25) is 0 Å². The largest absolute Gasteiger partial charge is 0.396 e. The third-order valence-corrected chi connectivity index (χ3v) is 3.37. The molecule has 106 valence electrons. The normalized spacial score (nSPS) is 15.6. The lowest BCUT2D eigenvalue weighted by atomic mass is 10.1. The average molecular weight is 280 g/mol. The van der Waals surface area contributed by atoms with Crippen LogP contribution in [0.15, 0.2) is 16.7 Å². The van der Waals surface area contributed by atoms with E-state index < -0.39 is 11.6 Å². The van der Waals surface area contributed by atoms with Crippen molar-refractivity contribution < 1.29 is 13.3 Å². The van der Waals surface area contributed by atoms with E-state index in [0.717, 1.165) is 38.1 Å². The number of aromatic nitrogens is 2. The number of halogens is 2. The Hall–Kier alpha value is -2.18. The second-order valence-corrected chi connectivity index (χ2v) is 4.80. The van der Waals surface area contributed by atoms with Gasteiger partial charge in [-0.05, 0) is 30.5 Å². The zero-order valence-corrected chi connectivity index (χ0v) is 10.8. The maximum absolute atomic E-state index is 13.7. The Morgan fingerprint density at radius 2 is 1.85 bits per heavy atom. The molecule has 0 aliphatic carbocycles. The molecule has 1 aliphatic heterocycles. The van der Waals surface area contributed by atoms with E-state index in [4.69, 9.17) is 10.3 Å². The Balaban J connectivity index is 1.91. The van der Waals surface area contributed by atoms with E-state index in [1.165, 1.54) is 6.42 Å². The number of anilines is 2. The van der Waals surface area contributed by atoms with Gasteiger partial charge in [0, 0.05) is 19.2 Å². The van der Waals surface area contributed by atoms with Gasteiger partial charge in [0.15, 0.2) is 0 Å². The number of nitrogens with zero attached hydrogens (tertiary/aromatic N) is 3. The summed E-state index contributed by atoms with van der Waals surface area (Å²) in [6.07, 6.45) is 3.33. The van der Waals surface area contributed by atoms with Crippen LogP contribution in [0.4, 0.5) is 20.4 Å². The number of nitrogens with two attached hydrogens (primary N) is 1. The Morgan fingerprint density at radius 1 is 1.10 bits per heavy atom. The molecule has 1 saturated heterocycles. The van der Waals surface area contributed by atoms with Crippen molar-refractivity contribution in [2.45, 2.75) is 19.3 Å². The maximum Gasteiger partial charge on any atom is 0.266 e. The molecule has 3 rings (SSSR count). The Kier molecular flexibility index (Phi) is 3.25. The summed E-state index contributed by atoms with van der Waals surface area (Å²) in [7, 11) is 0. The van der Waals surface area contributed by atoms with Gasteiger partial charge < -0.3 is 15.2 Å². The fourth-order valence-electron chi connectivity index (χ4n) is 2.28. The summed E-state index contributed by atoms with van der Waals surface area (Å²) in [4.78, 5) is 6.15. The van der Waals surface area contributed by atoms with Gasteiger partial charge in [0.1, 0.15) is 11.6 Å². The highest BCUT2D eigenvalue weighted by molar-refractivity contribution is 5.62. The SMILES string of the molecule is Nc1cc(-c2nc(N3CCCCC3)no2)c(F)cc1F. The highest BCUT2D eigenvalue weighted by Gasteiger charge is 2.20. The molecule has 2 heterocycles. The van der Waals surface area contributed by atoms with Crippen molar-refractivity contribution in [1.82, 2.24) is 10.1 Å². The summed E-state index contributed by atoms with van der Waals surface area (Å²) in [6, 6.07) is 1.88. The molecule has 0 radical (unpaired) electrons. The third kappa shape index (κ3) is 2.31. The van der Waals surface area contributed by atoms with Gasteiger partial charge in [-0.15, -0.1) is 0 Å². The van der Waals surface area contributed by atoms with Crippen LogP contribution < -0.4 is 10.6 Å². The molecular weight excluding hydrogens is 266 g/mol. The number of hydrogen-bond acceptors (Lipinski definition) is 5. The minimum absolute atomic E-state index is 0.00905. The number of rotatable bonds is 2. The summed E-state index contributed by atoms with van der Waals surface area (Å²) in [5.41, 5.74) is 5.29. The van der Waals surface area contributed by atoms with Crippen molar-refractivity contribution in [3.8, 4) is 11.5 Å². The number of piperidine rings is 1. The predicted molar refractivity (Wildman–Crippen MR) is 70.1 cm³/mol. The van der Waals surface area contributed by atoms with E-state index in [1.807, 2.05) is 4.90 Å². The lowest BCUT2D eigenvalue weighted by Gasteiger charge is -2.24. The topological polar surface area (TPSA) is 68.2 Å². The predicted octanol–water partition coefficient (Wildman–Crippen LogP) is 2.59. The highest BCUT2D eigenvalue weighted by atomic mass is 19.1. The molecule has 1 aromatic carbocycles. The first-order chi connectivity index (χ1) is 9.65. The summed E-state index contributed by atoms with van der Waals surface area (Å²) >= 11 is 0. The van der Waals surface area contributed by atoms with E-state index in [-0.39, 0.29) is 17.1 Å². The molecule has 5 nitrogen and oxygen atoms in total. The lowest BCUT2D eigenvalue weighted by Crippen LogP contribution is -2.30. The zero-order chi connectivity index (χ0) is 14.1. The van der Waals surface area contributed by atoms with Gasteiger partial charge >= 0.3 is 0 Å². The second-order valence-electron chi connectivity index (χ2n) is 4.80. The van der Waals surface area contributed by atoms with Gasteiger partial charge in [-0.2, -0.15) is 4.98 Å². The van der Waals surface area contributed by atoms with Crippen molar-refractivity contribution in [1.29, 1.82) is 0 Å². The summed E-state index contributed by atoms with van der Waals surface area (Å²) in [5, 5.41) is 3.85. The minimum Gasteiger partial charge on any atom is -0.396 e. The molecule has 0 amide bonds. The summed E-state index contributed by atoms with van der Waals surface area (Å²) < 4.78 is 31.9. The van der Waals surface area contributed by atoms with Gasteiger partial charge in [-0.1, -0.05) is 0 Å². The van der Waals surface area contributed by atoms with Crippen molar-refractivity contribution >= 4 is 11.6 Å². The number of nitrogen functional groups attached to an aromatic ring is 1. The van der Waals surface area contributed by atoms with Crippen LogP contribution in [0.3, 0.4) is 0 Å². The standard InChI is InChI=1S/C13H14F2N4O/c14-9-7-10(15)11(16)6-8(9)12-17-13(18-20-12)19-4-2-1-3-5-19/h6-7H,1-5,16H2. The van der Waals surface area contributed by atoms with Crippen LogP contribution in [0.1, 0.15) is 19.3 Å². The minimum atomic E-state index is -0.804. The fourth-order valence-corrected chi connectivity index (χ4v) is 2.28. The van der Waals surface area contributed by atoms with Crippen LogP contribution in [0.5, 0.6) is 0 Å². The molecule has 1 aromatic heterocycles. The van der Waals surface area contributed by atoms with E-state index in [2.05, 4.69) is 10.1 Å². The van der Waals surface area contributed by atoms with Gasteiger partial charge in [-0.3, -0.25) is 0 Å². The molecule has 1 fully saturated rings. The Labute approximate surface area is 114 Å². The lowest BCUT2D eigenvalue weighted by molar-refractivity contribution is 0.424. The van der Waals surface area contributed by atoms with E-state index >= 15 is 0 Å². The first-order valence-electron chi connectivity index (χ1n) is 6.48. The summed E-state index contributed by atoms with van der Waals surface area (Å²) in [6.45, 7) is 1.71. The molecule has 0 saturated carbocycles. The molecule has 20 heavy (non-hydrogen) atoms. The van der Waals surface area contributed by atoms with Crippen molar-refractivity contribution in [2.75, 3.05) is 23.7 Å². The molecule has 2 N–H and O–H groups in total. The molecule has 0 bridgehead atoms. The zero-order valence-electron chi connectivity index (χ0n) is 10.8. The van der Waals surface area contributed by atoms with E-state index in [1.54, 1.807) is 0 Å². The maximum atomic E-state index is 13.7. The van der Waals surface area contributed by atoms with Crippen LogP contribution in [0.25, 0.3) is 11.5 Å². The smallest absolute Gasteiger partial charge is 0.266 e. The van der Waals surface area contributed by atoms with Crippen molar-refractivity contribution in [3.63, 3.8) is 0 Å². The van der Waals surface area contributed by atoms with Crippen molar-refractivity contribution in [3.05, 3.63) is 23.8 Å². The van der Waals surface area contributed by atoms with E-state index in [9.17, 15) is 8.78 Å². The van der Waals surface area contributed by atoms with E-state index in [0.29, 0.717) is 5.95 Å². The highest BCUT2D eigenvalue weighted by Crippen LogP contribution is 2.27. The van der Waals surface area contributed by atoms with Gasteiger partial charge in [0.25, 0.3) is 11.8 Å². The molecule has 0 spiro atoms. The second kappa shape index (κ2) is 5.07. The Morgan fingerprint density at radius 3 is 2.60 bits per heavy atom. The molecule has 2 aromatic rings. The summed E-state index contributed by atoms with van der Waals surface area (Å²) in [5.74, 6) is -1.13.